The monoisotopic (exact) mass is 422 g/mol. The number of para-hydroxylation sites is 1. The normalized spacial score (nSPS) is 20.2. The zero-order chi connectivity index (χ0) is 21.7. The Bertz CT molecular complexity index is 893. The molecule has 2 aromatic rings. The van der Waals surface area contributed by atoms with Gasteiger partial charge < -0.3 is 20.3 Å². The van der Waals surface area contributed by atoms with Gasteiger partial charge in [-0.2, -0.15) is 0 Å². The number of anilines is 1. The molecule has 1 aromatic heterocycles. The summed E-state index contributed by atoms with van der Waals surface area (Å²) in [6.07, 6.45) is 8.35. The minimum absolute atomic E-state index is 0.0652. The third-order valence-corrected chi connectivity index (χ3v) is 6.85. The Labute approximate surface area is 185 Å². The van der Waals surface area contributed by atoms with Gasteiger partial charge in [-0.05, 0) is 68.3 Å². The summed E-state index contributed by atoms with van der Waals surface area (Å²) < 4.78 is 6.10. The maximum atomic E-state index is 12.9. The predicted molar refractivity (Wildman–Crippen MR) is 123 cm³/mol. The molecule has 1 spiro atoms. The van der Waals surface area contributed by atoms with E-state index in [4.69, 9.17) is 10.5 Å². The molecule has 0 unspecified atom stereocenters. The lowest BCUT2D eigenvalue weighted by Crippen LogP contribution is -2.48. The molecule has 4 rings (SSSR count). The van der Waals surface area contributed by atoms with E-state index in [0.717, 1.165) is 51.2 Å². The number of amides is 1. The number of carbonyl (C=O) groups excluding carboxylic acids is 1. The van der Waals surface area contributed by atoms with Crippen LogP contribution in [0.5, 0.6) is 5.75 Å². The van der Waals surface area contributed by atoms with Crippen LogP contribution in [0.1, 0.15) is 48.0 Å². The topological polar surface area (TPSA) is 71.7 Å². The van der Waals surface area contributed by atoms with E-state index in [0.29, 0.717) is 18.0 Å². The Morgan fingerprint density at radius 2 is 1.90 bits per heavy atom. The number of piperidine rings is 1. The number of aryl methyl sites for hydroxylation is 1. The van der Waals surface area contributed by atoms with Gasteiger partial charge in [0, 0.05) is 37.9 Å². The van der Waals surface area contributed by atoms with E-state index in [1.165, 1.54) is 24.8 Å². The van der Waals surface area contributed by atoms with Crippen molar-refractivity contribution in [2.45, 2.75) is 38.5 Å². The summed E-state index contributed by atoms with van der Waals surface area (Å²) in [6, 6.07) is 11.9. The van der Waals surface area contributed by atoms with Gasteiger partial charge >= 0.3 is 0 Å². The first-order chi connectivity index (χ1) is 15.0. The molecule has 3 heterocycles. The van der Waals surface area contributed by atoms with Crippen molar-refractivity contribution in [3.8, 4) is 5.75 Å². The fourth-order valence-corrected chi connectivity index (χ4v) is 5.06. The number of carbonyl (C=O) groups is 1. The van der Waals surface area contributed by atoms with Crippen LogP contribution in [-0.4, -0.2) is 60.5 Å². The molecule has 166 valence electrons. The highest BCUT2D eigenvalue weighted by molar-refractivity contribution is 5.94. The van der Waals surface area contributed by atoms with Crippen molar-refractivity contribution in [1.29, 1.82) is 0 Å². The van der Waals surface area contributed by atoms with Gasteiger partial charge in [0.1, 0.15) is 18.2 Å². The van der Waals surface area contributed by atoms with E-state index < -0.39 is 0 Å². The van der Waals surface area contributed by atoms with Gasteiger partial charge in [0.15, 0.2) is 0 Å². The fraction of sp³-hybridized carbons (Fsp3) is 0.520. The summed E-state index contributed by atoms with van der Waals surface area (Å²) in [5.74, 6) is 1.49. The van der Waals surface area contributed by atoms with E-state index in [9.17, 15) is 4.79 Å². The molecule has 6 nitrogen and oxygen atoms in total. The third kappa shape index (κ3) is 5.37. The molecule has 0 atom stereocenters. The number of hydrogen-bond donors (Lipinski definition) is 1. The van der Waals surface area contributed by atoms with Crippen LogP contribution >= 0.6 is 0 Å². The largest absolute Gasteiger partial charge is 0.492 e. The van der Waals surface area contributed by atoms with E-state index in [1.54, 1.807) is 18.3 Å². The van der Waals surface area contributed by atoms with Crippen LogP contribution < -0.4 is 10.5 Å². The SMILES string of the molecule is CN1CCOc2ccccc2CCCCC2(CCN(C(=O)c3ccnc(N)c3)CC2)C1. The molecule has 0 aliphatic carbocycles. The molecule has 1 amide bonds. The fourth-order valence-electron chi connectivity index (χ4n) is 5.06. The number of nitrogens with zero attached hydrogens (tertiary/aromatic N) is 3. The second-order valence-electron chi connectivity index (χ2n) is 9.16. The quantitative estimate of drug-likeness (QED) is 0.760. The third-order valence-electron chi connectivity index (χ3n) is 6.85. The van der Waals surface area contributed by atoms with E-state index in [2.05, 4.69) is 41.2 Å². The van der Waals surface area contributed by atoms with Crippen molar-refractivity contribution in [2.24, 2.45) is 5.41 Å². The number of pyridine rings is 1. The molecule has 31 heavy (non-hydrogen) atoms. The van der Waals surface area contributed by atoms with Gasteiger partial charge in [0.05, 0.1) is 0 Å². The summed E-state index contributed by atoms with van der Waals surface area (Å²) in [4.78, 5) is 21.3. The first-order valence-electron chi connectivity index (χ1n) is 11.4. The molecule has 2 aliphatic heterocycles. The van der Waals surface area contributed by atoms with Gasteiger partial charge in [-0.15, -0.1) is 0 Å². The Hall–Kier alpha value is -2.60. The number of benzene rings is 1. The lowest BCUT2D eigenvalue weighted by Gasteiger charge is -2.44. The number of ether oxygens (including phenoxy) is 1. The van der Waals surface area contributed by atoms with Crippen molar-refractivity contribution in [3.63, 3.8) is 0 Å². The van der Waals surface area contributed by atoms with Crippen LogP contribution in [0.4, 0.5) is 5.82 Å². The van der Waals surface area contributed by atoms with Crippen LogP contribution in [0.15, 0.2) is 42.6 Å². The van der Waals surface area contributed by atoms with Crippen molar-refractivity contribution >= 4 is 11.7 Å². The van der Waals surface area contributed by atoms with Crippen molar-refractivity contribution < 1.29 is 9.53 Å². The number of nitrogens with two attached hydrogens (primary N) is 1. The number of likely N-dealkylation sites (tertiary alicyclic amines) is 1. The smallest absolute Gasteiger partial charge is 0.254 e. The Morgan fingerprint density at radius 3 is 2.71 bits per heavy atom. The average molecular weight is 423 g/mol. The van der Waals surface area contributed by atoms with Crippen molar-refractivity contribution in [1.82, 2.24) is 14.8 Å². The highest BCUT2D eigenvalue weighted by Gasteiger charge is 2.36. The zero-order valence-electron chi connectivity index (χ0n) is 18.6. The molecular weight excluding hydrogens is 388 g/mol. The lowest BCUT2D eigenvalue weighted by molar-refractivity contribution is 0.0425. The Balaban J connectivity index is 1.41. The number of rotatable bonds is 1. The molecule has 1 aromatic carbocycles. The summed E-state index contributed by atoms with van der Waals surface area (Å²) in [5.41, 5.74) is 7.99. The maximum absolute atomic E-state index is 12.9. The number of fused-ring (bicyclic) bond motifs is 1. The van der Waals surface area contributed by atoms with Crippen LogP contribution in [0.2, 0.25) is 0 Å². The zero-order valence-corrected chi connectivity index (χ0v) is 18.6. The van der Waals surface area contributed by atoms with Crippen LogP contribution in [0.25, 0.3) is 0 Å². The number of aromatic nitrogens is 1. The maximum Gasteiger partial charge on any atom is 0.254 e. The summed E-state index contributed by atoms with van der Waals surface area (Å²) in [6.45, 7) is 4.28. The molecule has 6 heteroatoms. The minimum atomic E-state index is 0.0652. The highest BCUT2D eigenvalue weighted by Crippen LogP contribution is 2.38. The molecule has 0 bridgehead atoms. The lowest BCUT2D eigenvalue weighted by atomic mass is 9.73. The number of nitrogen functional groups attached to an aromatic ring is 1. The first-order valence-corrected chi connectivity index (χ1v) is 11.4. The van der Waals surface area contributed by atoms with Gasteiger partial charge in [-0.1, -0.05) is 24.6 Å². The summed E-state index contributed by atoms with van der Waals surface area (Å²) >= 11 is 0. The van der Waals surface area contributed by atoms with Crippen molar-refractivity contribution in [2.75, 3.05) is 45.6 Å². The summed E-state index contributed by atoms with van der Waals surface area (Å²) in [7, 11) is 2.19. The molecule has 2 aliphatic rings. The molecular formula is C25H34N4O2. The van der Waals surface area contributed by atoms with Gasteiger partial charge in [-0.3, -0.25) is 4.79 Å². The number of likely N-dealkylation sites (N-methyl/N-ethyl adjacent to an activating group) is 1. The standard InChI is InChI=1S/C25H34N4O2/c1-28-16-17-31-22-8-3-2-6-20(22)7-4-5-10-25(19-28)11-14-29(15-12-25)24(30)21-9-13-27-23(26)18-21/h2-3,6,8-9,13,18H,4-5,7,10-12,14-17,19H2,1H3,(H2,26,27). The predicted octanol–water partition coefficient (Wildman–Crippen LogP) is 3.62. The molecule has 0 saturated carbocycles. The van der Waals surface area contributed by atoms with Gasteiger partial charge in [0.25, 0.3) is 5.91 Å². The van der Waals surface area contributed by atoms with Gasteiger partial charge in [-0.25, -0.2) is 4.98 Å². The highest BCUT2D eigenvalue weighted by atomic mass is 16.5. The Kier molecular flexibility index (Phi) is 6.76. The summed E-state index contributed by atoms with van der Waals surface area (Å²) in [5, 5.41) is 0. The second-order valence-corrected chi connectivity index (χ2v) is 9.16. The van der Waals surface area contributed by atoms with Crippen LogP contribution in [0.3, 0.4) is 0 Å². The average Bonchev–Trinajstić information content (AvgIpc) is 2.77. The van der Waals surface area contributed by atoms with Crippen LogP contribution in [0, 0.1) is 5.41 Å². The van der Waals surface area contributed by atoms with E-state index >= 15 is 0 Å². The molecule has 1 fully saturated rings. The minimum Gasteiger partial charge on any atom is -0.492 e. The van der Waals surface area contributed by atoms with Crippen LogP contribution in [-0.2, 0) is 6.42 Å². The first kappa shape index (κ1) is 21.6. The Morgan fingerprint density at radius 1 is 1.10 bits per heavy atom. The van der Waals surface area contributed by atoms with Gasteiger partial charge in [0.2, 0.25) is 0 Å². The number of hydrogen-bond acceptors (Lipinski definition) is 5. The van der Waals surface area contributed by atoms with E-state index in [-0.39, 0.29) is 11.3 Å². The molecule has 2 N–H and O–H groups in total. The second kappa shape index (κ2) is 9.69. The molecule has 0 radical (unpaired) electrons. The molecule has 1 saturated heterocycles. The van der Waals surface area contributed by atoms with Crippen molar-refractivity contribution in [3.05, 3.63) is 53.7 Å². The van der Waals surface area contributed by atoms with E-state index in [1.807, 2.05) is 4.90 Å².